The van der Waals surface area contributed by atoms with E-state index in [0.717, 1.165) is 50.5 Å². The van der Waals surface area contributed by atoms with Crippen molar-refractivity contribution in [3.8, 4) is 5.75 Å². The second-order valence-electron chi connectivity index (χ2n) is 18.3. The summed E-state index contributed by atoms with van der Waals surface area (Å²) >= 11 is 0. The number of amides is 4. The number of carbonyl (C=O) groups excluding carboxylic acids is 5. The molecule has 0 spiro atoms. The fourth-order valence-corrected chi connectivity index (χ4v) is 8.55. The number of benzene rings is 1. The first-order valence-corrected chi connectivity index (χ1v) is 27.7. The van der Waals surface area contributed by atoms with Crippen LogP contribution in [0.3, 0.4) is 0 Å². The number of phenolic OH excluding ortho intramolecular Hbond substituents is 1. The van der Waals surface area contributed by atoms with Crippen LogP contribution in [-0.4, -0.2) is 127 Å². The molecule has 0 saturated heterocycles. The molecule has 0 aliphatic rings. The lowest BCUT2D eigenvalue weighted by Gasteiger charge is -2.16. The Kier molecular flexibility index (Phi) is 38.8. The molecule has 4 amide bonds. The molecule has 0 saturated carbocycles. The van der Waals surface area contributed by atoms with E-state index in [0.29, 0.717) is 69.8 Å². The SMILES string of the molecule is C=C(CCCS(=O)(=O)NC(=O)CCCCCCCCCCCCCCCC(=N)NN)NCCOCCOCC(=O)NCCOCCOCC(=O)NCCCC[C@H](C)C(=O)C[C@@H](Cc1ccc(O)cc1)C(N)=O. The van der Waals surface area contributed by atoms with E-state index < -0.39 is 27.8 Å². The molecule has 0 aliphatic heterocycles. The molecule has 21 heteroatoms. The van der Waals surface area contributed by atoms with Crippen molar-refractivity contribution in [3.63, 3.8) is 0 Å². The van der Waals surface area contributed by atoms with Crippen molar-refractivity contribution in [1.82, 2.24) is 26.1 Å². The van der Waals surface area contributed by atoms with Crippen LogP contribution in [0.25, 0.3) is 0 Å². The fraction of sp³-hybridized carbons (Fsp3) is 0.725. The summed E-state index contributed by atoms with van der Waals surface area (Å²) in [5.74, 6) is 3.09. The molecule has 0 fully saturated rings. The third-order valence-corrected chi connectivity index (χ3v) is 13.1. The van der Waals surface area contributed by atoms with Gasteiger partial charge in [0.2, 0.25) is 33.7 Å². The van der Waals surface area contributed by atoms with E-state index in [1.165, 1.54) is 57.1 Å². The van der Waals surface area contributed by atoms with Crippen molar-refractivity contribution in [3.05, 3.63) is 42.1 Å². The number of rotatable bonds is 49. The zero-order valence-corrected chi connectivity index (χ0v) is 44.0. The van der Waals surface area contributed by atoms with E-state index in [9.17, 15) is 37.5 Å². The number of hydrogen-bond acceptors (Lipinski definition) is 15. The summed E-state index contributed by atoms with van der Waals surface area (Å²) in [5, 5.41) is 25.5. The van der Waals surface area contributed by atoms with Crippen LogP contribution in [0, 0.1) is 17.2 Å². The van der Waals surface area contributed by atoms with E-state index >= 15 is 0 Å². The number of nitrogens with two attached hydrogens (primary N) is 2. The van der Waals surface area contributed by atoms with Gasteiger partial charge in [0.25, 0.3) is 0 Å². The van der Waals surface area contributed by atoms with E-state index in [-0.39, 0.29) is 101 Å². The summed E-state index contributed by atoms with van der Waals surface area (Å²) in [5.41, 5.74) is 9.41. The number of ketones is 1. The molecule has 20 nitrogen and oxygen atoms in total. The molecule has 11 N–H and O–H groups in total. The summed E-state index contributed by atoms with van der Waals surface area (Å²) < 4.78 is 48.6. The lowest BCUT2D eigenvalue weighted by molar-refractivity contribution is -0.129. The molecule has 0 heterocycles. The second kappa shape index (κ2) is 42.8. The first-order chi connectivity index (χ1) is 34.6. The molecule has 72 heavy (non-hydrogen) atoms. The van der Waals surface area contributed by atoms with Crippen LogP contribution < -0.4 is 37.7 Å². The number of aromatic hydroxyl groups is 1. The van der Waals surface area contributed by atoms with Crippen molar-refractivity contribution in [2.45, 2.75) is 148 Å². The largest absolute Gasteiger partial charge is 0.508 e. The number of ether oxygens (including phenoxy) is 4. The molecule has 2 atom stereocenters. The number of allylic oxidation sites excluding steroid dienone is 1. The Hall–Kier alpha value is -4.67. The Labute approximate surface area is 429 Å². The number of nitrogens with one attached hydrogen (secondary N) is 6. The number of unbranched alkanes of at least 4 members (excludes halogenated alkanes) is 13. The summed E-state index contributed by atoms with van der Waals surface area (Å²) in [6.07, 6.45) is 18.5. The van der Waals surface area contributed by atoms with Gasteiger partial charge < -0.3 is 51.2 Å². The zero-order valence-electron chi connectivity index (χ0n) is 43.2. The summed E-state index contributed by atoms with van der Waals surface area (Å²) in [7, 11) is -3.71. The smallest absolute Gasteiger partial charge is 0.246 e. The van der Waals surface area contributed by atoms with Crippen molar-refractivity contribution in [2.75, 3.05) is 78.2 Å². The fourth-order valence-electron chi connectivity index (χ4n) is 7.48. The number of carbonyl (C=O) groups is 5. The van der Waals surface area contributed by atoms with Crippen molar-refractivity contribution in [1.29, 1.82) is 5.41 Å². The van der Waals surface area contributed by atoms with Gasteiger partial charge in [0.05, 0.1) is 45.4 Å². The predicted molar refractivity (Wildman–Crippen MR) is 279 cm³/mol. The molecule has 0 bridgehead atoms. The predicted octanol–water partition coefficient (Wildman–Crippen LogP) is 4.72. The van der Waals surface area contributed by atoms with Crippen molar-refractivity contribution < 1.29 is 56.4 Å². The maximum absolute atomic E-state index is 12.7. The highest BCUT2D eigenvalue weighted by Crippen LogP contribution is 2.20. The number of phenols is 1. The van der Waals surface area contributed by atoms with Crippen LogP contribution in [0.4, 0.5) is 0 Å². The molecular formula is C51H90N8O12S. The van der Waals surface area contributed by atoms with E-state index in [1.54, 1.807) is 12.1 Å². The Bertz CT molecular complexity index is 1790. The van der Waals surface area contributed by atoms with Crippen molar-refractivity contribution >= 4 is 45.3 Å². The van der Waals surface area contributed by atoms with Crippen molar-refractivity contribution in [2.24, 2.45) is 23.4 Å². The highest BCUT2D eigenvalue weighted by molar-refractivity contribution is 7.90. The van der Waals surface area contributed by atoms with Gasteiger partial charge in [-0.2, -0.15) is 0 Å². The average molecular weight is 1040 g/mol. The molecule has 412 valence electrons. The van der Waals surface area contributed by atoms with Crippen LogP contribution in [0.1, 0.15) is 147 Å². The monoisotopic (exact) mass is 1040 g/mol. The van der Waals surface area contributed by atoms with Crippen LogP contribution >= 0.6 is 0 Å². The molecule has 0 aromatic heterocycles. The van der Waals surface area contributed by atoms with Gasteiger partial charge in [-0.05, 0) is 62.6 Å². The third kappa shape index (κ3) is 38.9. The molecule has 0 unspecified atom stereocenters. The number of sulfonamides is 1. The first kappa shape index (κ1) is 65.3. The highest BCUT2D eigenvalue weighted by atomic mass is 32.2. The maximum Gasteiger partial charge on any atom is 0.246 e. The number of primary amides is 1. The summed E-state index contributed by atoms with van der Waals surface area (Å²) in [4.78, 5) is 61.0. The molecule has 1 aromatic rings. The molecule has 1 aromatic carbocycles. The zero-order chi connectivity index (χ0) is 53.1. The third-order valence-electron chi connectivity index (χ3n) is 11.8. The van der Waals surface area contributed by atoms with Gasteiger partial charge in [-0.25, -0.2) is 14.3 Å². The Morgan fingerprint density at radius 1 is 0.639 bits per heavy atom. The van der Waals surface area contributed by atoms with Gasteiger partial charge in [-0.1, -0.05) is 103 Å². The average Bonchev–Trinajstić information content (AvgIpc) is 3.34. The summed E-state index contributed by atoms with van der Waals surface area (Å²) in [6.45, 7) is 8.23. The van der Waals surface area contributed by atoms with E-state index in [1.807, 2.05) is 6.92 Å². The maximum atomic E-state index is 12.7. The van der Waals surface area contributed by atoms with Gasteiger partial charge >= 0.3 is 0 Å². The lowest BCUT2D eigenvalue weighted by atomic mass is 9.88. The van der Waals surface area contributed by atoms with Crippen LogP contribution in [-0.2, 0) is 59.4 Å². The number of hydrogen-bond donors (Lipinski definition) is 9. The minimum Gasteiger partial charge on any atom is -0.508 e. The Morgan fingerprint density at radius 3 is 1.68 bits per heavy atom. The number of hydrazine groups is 1. The second-order valence-corrected chi connectivity index (χ2v) is 20.1. The van der Waals surface area contributed by atoms with Gasteiger partial charge in [-0.3, -0.25) is 34.1 Å². The minimum atomic E-state index is -3.71. The number of Topliss-reactive ketones (excluding diaryl/α,β-unsaturated/α-hetero) is 1. The van der Waals surface area contributed by atoms with Gasteiger partial charge in [0.15, 0.2) is 0 Å². The highest BCUT2D eigenvalue weighted by Gasteiger charge is 2.23. The summed E-state index contributed by atoms with van der Waals surface area (Å²) in [6, 6.07) is 6.46. The van der Waals surface area contributed by atoms with Gasteiger partial charge in [0, 0.05) is 56.4 Å². The molecule has 1 rings (SSSR count). The van der Waals surface area contributed by atoms with E-state index in [4.69, 9.17) is 35.9 Å². The standard InChI is InChI=1S/C51H90N8O12S/c1-41(46(61)38-44(51(53)65)37-43-23-25-45(60)26-24-43)19-16-17-27-56-49(63)39-70-35-33-69-31-29-57-50(64)40-71-34-32-68-30-28-55-42(2)20-18-36-72(66,67)59-48(62)22-15-13-11-9-7-5-3-4-6-8-10-12-14-21-47(52)58-54/h23-26,41,44,55,60H,2-22,27-40,54H2,1H3,(H2,52,58)(H2,53,65)(H,56,63)(H,57,64)(H,59,62)/t41-,44+/m0/s1. The number of amidine groups is 1. The molecular weight excluding hydrogens is 949 g/mol. The van der Waals surface area contributed by atoms with Crippen LogP contribution in [0.5, 0.6) is 5.75 Å². The lowest BCUT2D eigenvalue weighted by Crippen LogP contribution is -2.32. The molecule has 0 radical (unpaired) electrons. The minimum absolute atomic E-state index is 0.0354. The van der Waals surface area contributed by atoms with Crippen LogP contribution in [0.2, 0.25) is 0 Å². The first-order valence-electron chi connectivity index (χ1n) is 26.0. The van der Waals surface area contributed by atoms with Gasteiger partial charge in [-0.15, -0.1) is 0 Å². The van der Waals surface area contributed by atoms with Gasteiger partial charge in [0.1, 0.15) is 30.6 Å². The van der Waals surface area contributed by atoms with Crippen LogP contribution in [0.15, 0.2) is 36.5 Å². The quantitative estimate of drug-likeness (QED) is 0.0140. The Balaban J connectivity index is 1.90. The normalized spacial score (nSPS) is 12.1. The Morgan fingerprint density at radius 2 is 1.14 bits per heavy atom. The van der Waals surface area contributed by atoms with E-state index in [2.05, 4.69) is 32.7 Å². The molecule has 0 aliphatic carbocycles. The topological polar surface area (TPSA) is 313 Å².